The molecule has 0 saturated carbocycles. The molecular weight excluding hydrogens is 477 g/mol. The third-order valence-corrected chi connectivity index (χ3v) is 7.95. The maximum Gasteiger partial charge on any atom is 0.193 e. The highest BCUT2D eigenvalue weighted by molar-refractivity contribution is 14.0. The van der Waals surface area contributed by atoms with Crippen LogP contribution in [0.4, 0.5) is 0 Å². The van der Waals surface area contributed by atoms with E-state index in [0.717, 1.165) is 51.5 Å². The van der Waals surface area contributed by atoms with Crippen LogP contribution in [0.25, 0.3) is 0 Å². The van der Waals surface area contributed by atoms with Crippen LogP contribution in [0.2, 0.25) is 0 Å². The molecule has 2 aliphatic rings. The monoisotopic (exact) mass is 515 g/mol. The summed E-state index contributed by atoms with van der Waals surface area (Å²) in [7, 11) is -0.839. The molecule has 0 aromatic heterocycles. The van der Waals surface area contributed by atoms with Gasteiger partial charge in [-0.2, -0.15) is 0 Å². The number of nitrogens with zero attached hydrogens (tertiary/aromatic N) is 4. The zero-order valence-electron chi connectivity index (χ0n) is 17.4. The summed E-state index contributed by atoms with van der Waals surface area (Å²) in [6.07, 6.45) is 2.23. The van der Waals surface area contributed by atoms with Gasteiger partial charge in [-0.1, -0.05) is 0 Å². The van der Waals surface area contributed by atoms with Gasteiger partial charge in [0.1, 0.15) is 0 Å². The minimum absolute atomic E-state index is 0. The minimum atomic E-state index is -3.02. The Morgan fingerprint density at radius 1 is 1.11 bits per heavy atom. The molecule has 0 aromatic carbocycles. The molecule has 0 radical (unpaired) electrons. The Morgan fingerprint density at radius 2 is 1.78 bits per heavy atom. The van der Waals surface area contributed by atoms with Crippen molar-refractivity contribution >= 4 is 39.8 Å². The first-order chi connectivity index (χ1) is 12.2. The highest BCUT2D eigenvalue weighted by atomic mass is 127. The number of unbranched alkanes of at least 4 members (excludes halogenated alkanes) is 1. The lowest BCUT2D eigenvalue weighted by atomic mass is 10.2. The van der Waals surface area contributed by atoms with Gasteiger partial charge in [-0.3, -0.25) is 4.99 Å². The molecule has 0 atom stereocenters. The van der Waals surface area contributed by atoms with E-state index in [0.29, 0.717) is 13.1 Å². The Hall–Kier alpha value is -0.130. The quantitative estimate of drug-likeness (QED) is 0.248. The van der Waals surface area contributed by atoms with E-state index in [-0.39, 0.29) is 29.7 Å². The average molecular weight is 516 g/mol. The van der Waals surface area contributed by atoms with Gasteiger partial charge in [-0.15, -0.1) is 24.0 Å². The van der Waals surface area contributed by atoms with Crippen molar-refractivity contribution in [2.24, 2.45) is 4.99 Å². The van der Waals surface area contributed by atoms with E-state index in [9.17, 15) is 8.42 Å². The number of rotatable bonds is 6. The van der Waals surface area contributed by atoms with Gasteiger partial charge < -0.3 is 20.0 Å². The van der Waals surface area contributed by atoms with E-state index in [1.54, 1.807) is 0 Å². The summed E-state index contributed by atoms with van der Waals surface area (Å²) in [5, 5.41) is 3.33. The van der Waals surface area contributed by atoms with Crippen molar-refractivity contribution in [1.29, 1.82) is 0 Å². The lowest BCUT2D eigenvalue weighted by molar-refractivity contribution is 0.152. The van der Waals surface area contributed by atoms with Crippen molar-refractivity contribution in [1.82, 2.24) is 20.0 Å². The van der Waals surface area contributed by atoms with Crippen LogP contribution in [-0.2, 0) is 9.84 Å². The molecule has 0 aromatic rings. The number of hydrogen-bond donors (Lipinski definition) is 1. The van der Waals surface area contributed by atoms with E-state index in [1.807, 2.05) is 13.8 Å². The molecule has 2 rings (SSSR count). The molecule has 2 heterocycles. The van der Waals surface area contributed by atoms with Gasteiger partial charge in [0.2, 0.25) is 0 Å². The van der Waals surface area contributed by atoms with Crippen LogP contribution in [0.3, 0.4) is 0 Å². The van der Waals surface area contributed by atoms with Gasteiger partial charge >= 0.3 is 0 Å². The Balaban J connectivity index is 0.00000364. The molecule has 1 N–H and O–H groups in total. The normalized spacial score (nSPS) is 23.7. The minimum Gasteiger partial charge on any atom is -0.357 e. The maximum atomic E-state index is 12.2. The lowest BCUT2D eigenvalue weighted by Gasteiger charge is -2.39. The van der Waals surface area contributed by atoms with Crippen molar-refractivity contribution < 1.29 is 8.42 Å². The fourth-order valence-electron chi connectivity index (χ4n) is 3.45. The molecule has 7 nitrogen and oxygen atoms in total. The van der Waals surface area contributed by atoms with E-state index in [4.69, 9.17) is 4.99 Å². The first-order valence-electron chi connectivity index (χ1n) is 9.91. The van der Waals surface area contributed by atoms with Crippen LogP contribution in [0.15, 0.2) is 4.99 Å². The summed E-state index contributed by atoms with van der Waals surface area (Å²) in [6.45, 7) is 14.1. The van der Waals surface area contributed by atoms with E-state index in [1.165, 1.54) is 13.1 Å². The number of piperazine rings is 1. The summed E-state index contributed by atoms with van der Waals surface area (Å²) in [5.74, 6) is 1.06. The van der Waals surface area contributed by atoms with Gasteiger partial charge in [0, 0.05) is 52.4 Å². The zero-order chi connectivity index (χ0) is 19.2. The summed E-state index contributed by atoms with van der Waals surface area (Å²) in [5.41, 5.74) is 0. The standard InChI is InChI=1S/C18H37N5O2S.HI/c1-5-19-17(23-14-15-26(24,25)18(2,3)16-23)20-8-6-7-9-22-12-10-21(4)11-13-22;/h5-16H2,1-4H3,(H,19,20);1H. The number of aliphatic imine (C=N–C) groups is 1. The van der Waals surface area contributed by atoms with Crippen LogP contribution in [0, 0.1) is 0 Å². The van der Waals surface area contributed by atoms with E-state index >= 15 is 0 Å². The molecule has 160 valence electrons. The second-order valence-electron chi connectivity index (χ2n) is 8.09. The van der Waals surface area contributed by atoms with Gasteiger partial charge in [-0.25, -0.2) is 8.42 Å². The molecular formula is C18H38IN5O2S. The fourth-order valence-corrected chi connectivity index (χ4v) is 4.82. The van der Waals surface area contributed by atoms with Crippen LogP contribution in [-0.4, -0.2) is 106 Å². The van der Waals surface area contributed by atoms with Crippen LogP contribution in [0.5, 0.6) is 0 Å². The predicted molar refractivity (Wildman–Crippen MR) is 124 cm³/mol. The number of hydrogen-bond acceptors (Lipinski definition) is 5. The second-order valence-corrected chi connectivity index (χ2v) is 10.8. The molecule has 2 saturated heterocycles. The Bertz CT molecular complexity index is 574. The highest BCUT2D eigenvalue weighted by Crippen LogP contribution is 2.23. The zero-order valence-corrected chi connectivity index (χ0v) is 20.6. The molecule has 2 fully saturated rings. The summed E-state index contributed by atoms with van der Waals surface area (Å²) in [6, 6.07) is 0. The predicted octanol–water partition coefficient (Wildman–Crippen LogP) is 1.11. The molecule has 0 unspecified atom stereocenters. The summed E-state index contributed by atoms with van der Waals surface area (Å²) < 4.78 is 23.7. The van der Waals surface area contributed by atoms with Gasteiger partial charge in [-0.05, 0) is 47.2 Å². The number of likely N-dealkylation sites (N-methyl/N-ethyl adjacent to an activating group) is 1. The van der Waals surface area contributed by atoms with E-state index in [2.05, 4.69) is 34.0 Å². The Labute approximate surface area is 182 Å². The van der Waals surface area contributed by atoms with E-state index < -0.39 is 14.6 Å². The third kappa shape index (κ3) is 7.32. The Kier molecular flexibility index (Phi) is 10.3. The van der Waals surface area contributed by atoms with Gasteiger partial charge in [0.25, 0.3) is 0 Å². The Morgan fingerprint density at radius 3 is 2.37 bits per heavy atom. The SMILES string of the molecule is CCNC(=NCCCCN1CCN(C)CC1)N1CCS(=O)(=O)C(C)(C)C1.I. The second kappa shape index (κ2) is 11.2. The van der Waals surface area contributed by atoms with Crippen LogP contribution in [0.1, 0.15) is 33.6 Å². The summed E-state index contributed by atoms with van der Waals surface area (Å²) in [4.78, 5) is 11.8. The van der Waals surface area contributed by atoms with Crippen molar-refractivity contribution in [2.45, 2.75) is 38.4 Å². The van der Waals surface area contributed by atoms with Crippen molar-refractivity contribution in [2.75, 3.05) is 71.7 Å². The average Bonchev–Trinajstić information content (AvgIpc) is 2.58. The maximum absolute atomic E-state index is 12.2. The number of halogens is 1. The van der Waals surface area contributed by atoms with Crippen molar-refractivity contribution in [3.63, 3.8) is 0 Å². The molecule has 27 heavy (non-hydrogen) atoms. The van der Waals surface area contributed by atoms with Gasteiger partial charge in [0.05, 0.1) is 10.5 Å². The lowest BCUT2D eigenvalue weighted by Crippen LogP contribution is -2.57. The molecule has 2 aliphatic heterocycles. The smallest absolute Gasteiger partial charge is 0.193 e. The topological polar surface area (TPSA) is 68.2 Å². The largest absolute Gasteiger partial charge is 0.357 e. The number of nitrogens with one attached hydrogen (secondary N) is 1. The fraction of sp³-hybridized carbons (Fsp3) is 0.944. The van der Waals surface area contributed by atoms with Gasteiger partial charge in [0.15, 0.2) is 15.8 Å². The first kappa shape index (κ1) is 24.9. The third-order valence-electron chi connectivity index (χ3n) is 5.42. The van der Waals surface area contributed by atoms with Crippen LogP contribution >= 0.6 is 24.0 Å². The number of guanidine groups is 1. The molecule has 0 aliphatic carbocycles. The van der Waals surface area contributed by atoms with Crippen LogP contribution < -0.4 is 5.32 Å². The molecule has 0 bridgehead atoms. The molecule has 9 heteroatoms. The van der Waals surface area contributed by atoms with Crippen molar-refractivity contribution in [3.8, 4) is 0 Å². The molecule has 0 spiro atoms. The molecule has 0 amide bonds. The highest BCUT2D eigenvalue weighted by Gasteiger charge is 2.40. The number of sulfone groups is 1. The van der Waals surface area contributed by atoms with Crippen molar-refractivity contribution in [3.05, 3.63) is 0 Å². The summed E-state index contributed by atoms with van der Waals surface area (Å²) >= 11 is 0. The first-order valence-corrected chi connectivity index (χ1v) is 11.6.